The Morgan fingerprint density at radius 3 is 2.44 bits per heavy atom. The fraction of sp³-hybridized carbons (Fsp3) is 0.381. The molecule has 1 aromatic heterocycles. The van der Waals surface area contributed by atoms with E-state index in [0.717, 1.165) is 24.0 Å². The highest BCUT2D eigenvalue weighted by molar-refractivity contribution is 5.94. The second-order valence-electron chi connectivity index (χ2n) is 6.82. The van der Waals surface area contributed by atoms with Gasteiger partial charge in [0, 0.05) is 37.8 Å². The molecule has 2 aromatic rings. The second kappa shape index (κ2) is 9.16. The van der Waals surface area contributed by atoms with Crippen LogP contribution in [0.25, 0.3) is 0 Å². The van der Waals surface area contributed by atoms with Crippen molar-refractivity contribution in [2.45, 2.75) is 51.8 Å². The number of amides is 2. The number of benzene rings is 1. The van der Waals surface area contributed by atoms with Gasteiger partial charge in [-0.3, -0.25) is 9.59 Å². The summed E-state index contributed by atoms with van der Waals surface area (Å²) in [6, 6.07) is 10.9. The maximum atomic E-state index is 12.3. The fourth-order valence-corrected chi connectivity index (χ4v) is 3.09. The van der Waals surface area contributed by atoms with Crippen LogP contribution in [-0.2, 0) is 17.9 Å². The van der Waals surface area contributed by atoms with Crippen molar-refractivity contribution >= 4 is 11.8 Å². The molecule has 142 valence electrons. The Bertz CT molecular complexity index is 784. The molecule has 0 aliphatic heterocycles. The van der Waals surface area contributed by atoms with Crippen LogP contribution in [0.3, 0.4) is 0 Å². The topological polar surface area (TPSA) is 80.3 Å². The summed E-state index contributed by atoms with van der Waals surface area (Å²) in [5, 5.41) is 5.64. The summed E-state index contributed by atoms with van der Waals surface area (Å²) in [4.78, 5) is 27.5. The fourth-order valence-electron chi connectivity index (χ4n) is 3.09. The molecule has 0 atom stereocenters. The molecule has 0 saturated heterocycles. The largest absolute Gasteiger partial charge is 0.474 e. The molecule has 1 aliphatic carbocycles. The van der Waals surface area contributed by atoms with E-state index in [9.17, 15) is 9.59 Å². The number of pyridine rings is 1. The number of ether oxygens (including phenoxy) is 1. The first kappa shape index (κ1) is 18.9. The highest BCUT2D eigenvalue weighted by Crippen LogP contribution is 2.23. The molecule has 0 bridgehead atoms. The Hall–Kier alpha value is -2.89. The summed E-state index contributed by atoms with van der Waals surface area (Å²) in [6.45, 7) is 2.35. The number of carbonyl (C=O) groups is 2. The zero-order valence-electron chi connectivity index (χ0n) is 15.5. The minimum atomic E-state index is -0.142. The Balaban J connectivity index is 1.51. The maximum Gasteiger partial charge on any atom is 0.251 e. The van der Waals surface area contributed by atoms with Crippen molar-refractivity contribution in [2.24, 2.45) is 0 Å². The van der Waals surface area contributed by atoms with Crippen LogP contribution in [0.15, 0.2) is 42.6 Å². The Kier molecular flexibility index (Phi) is 6.41. The van der Waals surface area contributed by atoms with Gasteiger partial charge < -0.3 is 15.4 Å². The molecule has 0 spiro atoms. The standard InChI is InChI=1S/C21H25N3O3/c1-15(25)23-13-16-6-8-18(9-7-16)21(26)24-14-17-10-11-22-20(12-17)27-19-4-2-3-5-19/h6-12,19H,2-5,13-14H2,1H3,(H,23,25)(H,24,26). The molecule has 1 aromatic carbocycles. The summed E-state index contributed by atoms with van der Waals surface area (Å²) in [5.74, 6) is 0.401. The van der Waals surface area contributed by atoms with Gasteiger partial charge in [0.15, 0.2) is 0 Å². The molecule has 1 saturated carbocycles. The highest BCUT2D eigenvalue weighted by atomic mass is 16.5. The van der Waals surface area contributed by atoms with Crippen LogP contribution in [0.5, 0.6) is 5.88 Å². The lowest BCUT2D eigenvalue weighted by atomic mass is 10.1. The van der Waals surface area contributed by atoms with Crippen LogP contribution in [0, 0.1) is 0 Å². The van der Waals surface area contributed by atoms with Gasteiger partial charge in [-0.05, 0) is 55.0 Å². The second-order valence-corrected chi connectivity index (χ2v) is 6.82. The van der Waals surface area contributed by atoms with E-state index in [-0.39, 0.29) is 17.9 Å². The first-order valence-electron chi connectivity index (χ1n) is 9.33. The van der Waals surface area contributed by atoms with Gasteiger partial charge in [0.2, 0.25) is 11.8 Å². The third-order valence-electron chi connectivity index (χ3n) is 4.60. The predicted molar refractivity (Wildman–Crippen MR) is 102 cm³/mol. The van der Waals surface area contributed by atoms with Gasteiger partial charge in [-0.15, -0.1) is 0 Å². The van der Waals surface area contributed by atoms with Crippen molar-refractivity contribution in [3.05, 3.63) is 59.3 Å². The number of nitrogens with zero attached hydrogens (tertiary/aromatic N) is 1. The Labute approximate surface area is 159 Å². The molecular formula is C21H25N3O3. The van der Waals surface area contributed by atoms with Gasteiger partial charge in [0.25, 0.3) is 5.91 Å². The van der Waals surface area contributed by atoms with Crippen LogP contribution in [0.2, 0.25) is 0 Å². The van der Waals surface area contributed by atoms with E-state index < -0.39 is 0 Å². The lowest BCUT2D eigenvalue weighted by Crippen LogP contribution is -2.23. The van der Waals surface area contributed by atoms with E-state index >= 15 is 0 Å². The monoisotopic (exact) mass is 367 g/mol. The van der Waals surface area contributed by atoms with Crippen molar-refractivity contribution in [3.63, 3.8) is 0 Å². The van der Waals surface area contributed by atoms with Crippen molar-refractivity contribution in [1.82, 2.24) is 15.6 Å². The number of aromatic nitrogens is 1. The van der Waals surface area contributed by atoms with Crippen molar-refractivity contribution in [3.8, 4) is 5.88 Å². The lowest BCUT2D eigenvalue weighted by Gasteiger charge is -2.13. The minimum absolute atomic E-state index is 0.0783. The summed E-state index contributed by atoms with van der Waals surface area (Å²) < 4.78 is 5.91. The number of hydrogen-bond acceptors (Lipinski definition) is 4. The lowest BCUT2D eigenvalue weighted by molar-refractivity contribution is -0.119. The molecule has 1 heterocycles. The molecule has 1 aliphatic rings. The zero-order valence-corrected chi connectivity index (χ0v) is 15.5. The van der Waals surface area contributed by atoms with Crippen molar-refractivity contribution in [1.29, 1.82) is 0 Å². The molecule has 27 heavy (non-hydrogen) atoms. The van der Waals surface area contributed by atoms with E-state index in [1.165, 1.54) is 19.8 Å². The molecule has 2 N–H and O–H groups in total. The molecule has 6 nitrogen and oxygen atoms in total. The SMILES string of the molecule is CC(=O)NCc1ccc(C(=O)NCc2ccnc(OC3CCCC3)c2)cc1. The van der Waals surface area contributed by atoms with E-state index in [1.54, 1.807) is 18.3 Å². The van der Waals surface area contributed by atoms with E-state index in [4.69, 9.17) is 4.74 Å². The van der Waals surface area contributed by atoms with Crippen molar-refractivity contribution < 1.29 is 14.3 Å². The van der Waals surface area contributed by atoms with Gasteiger partial charge in [0.05, 0.1) is 0 Å². The molecule has 3 rings (SSSR count). The van der Waals surface area contributed by atoms with Gasteiger partial charge >= 0.3 is 0 Å². The van der Waals surface area contributed by atoms with Gasteiger partial charge in [-0.25, -0.2) is 4.98 Å². The first-order valence-corrected chi connectivity index (χ1v) is 9.33. The molecule has 1 fully saturated rings. The van der Waals surface area contributed by atoms with Gasteiger partial charge in [-0.1, -0.05) is 12.1 Å². The molecule has 0 radical (unpaired) electrons. The number of rotatable bonds is 7. The van der Waals surface area contributed by atoms with E-state index in [1.807, 2.05) is 24.3 Å². The average molecular weight is 367 g/mol. The molecular weight excluding hydrogens is 342 g/mol. The summed E-state index contributed by atoms with van der Waals surface area (Å²) in [7, 11) is 0. The average Bonchev–Trinajstić information content (AvgIpc) is 3.18. The highest BCUT2D eigenvalue weighted by Gasteiger charge is 2.17. The smallest absolute Gasteiger partial charge is 0.251 e. The molecule has 2 amide bonds. The quantitative estimate of drug-likeness (QED) is 0.788. The summed E-state index contributed by atoms with van der Waals surface area (Å²) in [6.07, 6.45) is 6.57. The summed E-state index contributed by atoms with van der Waals surface area (Å²) in [5.41, 5.74) is 2.48. The van der Waals surface area contributed by atoms with Gasteiger partial charge in [-0.2, -0.15) is 0 Å². The van der Waals surface area contributed by atoms with Crippen LogP contribution in [0.4, 0.5) is 0 Å². The third-order valence-corrected chi connectivity index (χ3v) is 4.60. The summed E-state index contributed by atoms with van der Waals surface area (Å²) >= 11 is 0. The normalized spacial score (nSPS) is 14.0. The van der Waals surface area contributed by atoms with Crippen LogP contribution in [0.1, 0.15) is 54.1 Å². The number of hydrogen-bond donors (Lipinski definition) is 2. The third kappa shape index (κ3) is 5.81. The number of carbonyl (C=O) groups excluding carboxylic acids is 2. The molecule has 6 heteroatoms. The van der Waals surface area contributed by atoms with Crippen LogP contribution < -0.4 is 15.4 Å². The van der Waals surface area contributed by atoms with E-state index in [0.29, 0.717) is 24.5 Å². The molecule has 0 unspecified atom stereocenters. The Morgan fingerprint density at radius 2 is 1.74 bits per heavy atom. The first-order chi connectivity index (χ1) is 13.1. The van der Waals surface area contributed by atoms with Gasteiger partial charge in [0.1, 0.15) is 6.10 Å². The maximum absolute atomic E-state index is 12.3. The van der Waals surface area contributed by atoms with Crippen LogP contribution in [-0.4, -0.2) is 22.9 Å². The predicted octanol–water partition coefficient (Wildman–Crippen LogP) is 2.97. The van der Waals surface area contributed by atoms with E-state index in [2.05, 4.69) is 15.6 Å². The van der Waals surface area contributed by atoms with Crippen molar-refractivity contribution in [2.75, 3.05) is 0 Å². The number of nitrogens with one attached hydrogen (secondary N) is 2. The minimum Gasteiger partial charge on any atom is -0.474 e. The van der Waals surface area contributed by atoms with Crippen LogP contribution >= 0.6 is 0 Å². The Morgan fingerprint density at radius 1 is 1.04 bits per heavy atom. The zero-order chi connectivity index (χ0) is 19.1.